The molecule has 0 aromatic carbocycles. The molecule has 1 N–H and O–H groups in total. The first-order valence-corrected chi connectivity index (χ1v) is 6.92. The van der Waals surface area contributed by atoms with Gasteiger partial charge in [-0.15, -0.1) is 0 Å². The van der Waals surface area contributed by atoms with Gasteiger partial charge in [-0.2, -0.15) is 0 Å². The summed E-state index contributed by atoms with van der Waals surface area (Å²) in [6, 6.07) is 1.53. The maximum atomic E-state index is 11.6. The minimum atomic E-state index is -0.323. The molecule has 6 heteroatoms. The molecule has 1 saturated heterocycles. The second-order valence-corrected chi connectivity index (χ2v) is 4.94. The molecular weight excluding hydrogens is 260 g/mol. The summed E-state index contributed by atoms with van der Waals surface area (Å²) in [4.78, 5) is 13.9. The van der Waals surface area contributed by atoms with Crippen LogP contribution >= 0.6 is 0 Å². The van der Waals surface area contributed by atoms with Gasteiger partial charge in [0.1, 0.15) is 0 Å². The summed E-state index contributed by atoms with van der Waals surface area (Å²) < 4.78 is 12.3. The normalized spacial score (nSPS) is 16.4. The largest absolute Gasteiger partial charge is 0.503 e. The predicted molar refractivity (Wildman–Crippen MR) is 75.0 cm³/mol. The standard InChI is InChI=1S/C14H22N2O4/c1-19-6-2-3-16-11-14(18)13(17)9-12(16)10-15-4-7-20-8-5-15/h9,11,18H,2-8,10H2,1H3. The highest BCUT2D eigenvalue weighted by Crippen LogP contribution is 2.10. The van der Waals surface area contributed by atoms with E-state index in [1.54, 1.807) is 7.11 Å². The van der Waals surface area contributed by atoms with Crippen molar-refractivity contribution in [1.82, 2.24) is 9.47 Å². The van der Waals surface area contributed by atoms with E-state index in [2.05, 4.69) is 4.90 Å². The molecule has 112 valence electrons. The Bertz CT molecular complexity index is 481. The number of methoxy groups -OCH3 is 1. The number of aromatic hydroxyl groups is 1. The molecule has 6 nitrogen and oxygen atoms in total. The van der Waals surface area contributed by atoms with E-state index in [0.29, 0.717) is 13.2 Å². The van der Waals surface area contributed by atoms with Gasteiger partial charge in [0, 0.05) is 51.7 Å². The summed E-state index contributed by atoms with van der Waals surface area (Å²) in [5.41, 5.74) is 0.599. The van der Waals surface area contributed by atoms with E-state index in [0.717, 1.165) is 45.0 Å². The van der Waals surface area contributed by atoms with Crippen molar-refractivity contribution in [2.45, 2.75) is 19.5 Å². The molecular formula is C14H22N2O4. The first-order chi connectivity index (χ1) is 9.70. The number of hydrogen-bond acceptors (Lipinski definition) is 5. The Morgan fingerprint density at radius 1 is 1.40 bits per heavy atom. The van der Waals surface area contributed by atoms with Crippen molar-refractivity contribution >= 4 is 0 Å². The van der Waals surface area contributed by atoms with Crippen molar-refractivity contribution in [1.29, 1.82) is 0 Å². The van der Waals surface area contributed by atoms with Gasteiger partial charge in [0.25, 0.3) is 0 Å². The van der Waals surface area contributed by atoms with E-state index >= 15 is 0 Å². The molecule has 0 bridgehead atoms. The second-order valence-electron chi connectivity index (χ2n) is 4.94. The summed E-state index contributed by atoms with van der Waals surface area (Å²) in [7, 11) is 1.66. The first kappa shape index (κ1) is 15.0. The van der Waals surface area contributed by atoms with E-state index in [-0.39, 0.29) is 11.2 Å². The zero-order valence-corrected chi connectivity index (χ0v) is 11.9. The van der Waals surface area contributed by atoms with Crippen molar-refractivity contribution < 1.29 is 14.6 Å². The van der Waals surface area contributed by atoms with Gasteiger partial charge >= 0.3 is 0 Å². The van der Waals surface area contributed by atoms with Crippen LogP contribution in [0.4, 0.5) is 0 Å². The van der Waals surface area contributed by atoms with Crippen molar-refractivity contribution in [3.05, 3.63) is 28.2 Å². The molecule has 2 rings (SSSR count). The van der Waals surface area contributed by atoms with Crippen molar-refractivity contribution in [2.24, 2.45) is 0 Å². The fourth-order valence-corrected chi connectivity index (χ4v) is 2.31. The summed E-state index contributed by atoms with van der Waals surface area (Å²) in [5, 5.41) is 9.59. The van der Waals surface area contributed by atoms with Gasteiger partial charge < -0.3 is 19.1 Å². The third-order valence-corrected chi connectivity index (χ3v) is 3.43. The fraction of sp³-hybridized carbons (Fsp3) is 0.643. The first-order valence-electron chi connectivity index (χ1n) is 6.92. The Morgan fingerprint density at radius 3 is 2.85 bits per heavy atom. The molecule has 0 spiro atoms. The molecule has 1 aliphatic rings. The molecule has 0 amide bonds. The maximum absolute atomic E-state index is 11.6. The second kappa shape index (κ2) is 7.42. The number of ether oxygens (including phenoxy) is 2. The predicted octanol–water partition coefficient (Wildman–Crippen LogP) is 0.423. The average molecular weight is 282 g/mol. The smallest absolute Gasteiger partial charge is 0.223 e. The summed E-state index contributed by atoms with van der Waals surface area (Å²) in [6.45, 7) is 5.27. The van der Waals surface area contributed by atoms with Crippen LogP contribution in [0.2, 0.25) is 0 Å². The number of pyridine rings is 1. The lowest BCUT2D eigenvalue weighted by Gasteiger charge is -2.27. The number of morpholine rings is 1. The van der Waals surface area contributed by atoms with Crippen LogP contribution in [0.25, 0.3) is 0 Å². The monoisotopic (exact) mass is 282 g/mol. The molecule has 0 aliphatic carbocycles. The van der Waals surface area contributed by atoms with Crippen LogP contribution in [0, 0.1) is 0 Å². The third-order valence-electron chi connectivity index (χ3n) is 3.43. The SMILES string of the molecule is COCCCn1cc(O)c(=O)cc1CN1CCOCC1. The fourth-order valence-electron chi connectivity index (χ4n) is 2.31. The van der Waals surface area contributed by atoms with Crippen LogP contribution in [-0.4, -0.2) is 54.6 Å². The molecule has 1 aromatic rings. The Hall–Kier alpha value is -1.37. The molecule has 2 heterocycles. The van der Waals surface area contributed by atoms with Gasteiger partial charge in [0.2, 0.25) is 5.43 Å². The van der Waals surface area contributed by atoms with Gasteiger partial charge in [-0.05, 0) is 6.42 Å². The van der Waals surface area contributed by atoms with E-state index in [1.165, 1.54) is 12.3 Å². The summed E-state index contributed by atoms with van der Waals surface area (Å²) in [6.07, 6.45) is 2.36. The third kappa shape index (κ3) is 4.06. The van der Waals surface area contributed by atoms with Crippen LogP contribution < -0.4 is 5.43 Å². The number of nitrogens with zero attached hydrogens (tertiary/aromatic N) is 2. The van der Waals surface area contributed by atoms with Crippen molar-refractivity contribution in [2.75, 3.05) is 40.0 Å². The molecule has 0 radical (unpaired) electrons. The molecule has 0 saturated carbocycles. The number of hydrogen-bond donors (Lipinski definition) is 1. The maximum Gasteiger partial charge on any atom is 0.223 e. The van der Waals surface area contributed by atoms with Crippen LogP contribution in [0.5, 0.6) is 5.75 Å². The molecule has 1 aliphatic heterocycles. The van der Waals surface area contributed by atoms with Crippen LogP contribution in [0.1, 0.15) is 12.1 Å². The van der Waals surface area contributed by atoms with Gasteiger partial charge in [-0.3, -0.25) is 9.69 Å². The Balaban J connectivity index is 2.11. The lowest BCUT2D eigenvalue weighted by atomic mass is 10.2. The highest BCUT2D eigenvalue weighted by atomic mass is 16.5. The Morgan fingerprint density at radius 2 is 2.15 bits per heavy atom. The van der Waals surface area contributed by atoms with Crippen molar-refractivity contribution in [3.8, 4) is 5.75 Å². The lowest BCUT2D eigenvalue weighted by molar-refractivity contribution is 0.0330. The lowest BCUT2D eigenvalue weighted by Crippen LogP contribution is -2.36. The molecule has 1 fully saturated rings. The van der Waals surface area contributed by atoms with Gasteiger partial charge in [-0.1, -0.05) is 0 Å². The highest BCUT2D eigenvalue weighted by Gasteiger charge is 2.14. The van der Waals surface area contributed by atoms with Gasteiger partial charge in [0.15, 0.2) is 5.75 Å². The number of aromatic nitrogens is 1. The van der Waals surface area contributed by atoms with E-state index < -0.39 is 0 Å². The molecule has 0 unspecified atom stereocenters. The van der Waals surface area contributed by atoms with Gasteiger partial charge in [0.05, 0.1) is 19.4 Å². The van der Waals surface area contributed by atoms with Crippen LogP contribution in [0.15, 0.2) is 17.1 Å². The van der Waals surface area contributed by atoms with Crippen molar-refractivity contribution in [3.63, 3.8) is 0 Å². The molecule has 20 heavy (non-hydrogen) atoms. The zero-order chi connectivity index (χ0) is 14.4. The number of rotatable bonds is 6. The summed E-state index contributed by atoms with van der Waals surface area (Å²) >= 11 is 0. The molecule has 0 atom stereocenters. The minimum absolute atomic E-state index is 0.201. The zero-order valence-electron chi connectivity index (χ0n) is 11.9. The van der Waals surface area contributed by atoms with Crippen LogP contribution in [0.3, 0.4) is 0 Å². The minimum Gasteiger partial charge on any atom is -0.503 e. The number of aryl methyl sites for hydroxylation is 1. The highest BCUT2D eigenvalue weighted by molar-refractivity contribution is 5.20. The molecule has 1 aromatic heterocycles. The van der Waals surface area contributed by atoms with E-state index in [9.17, 15) is 9.90 Å². The Kier molecular flexibility index (Phi) is 5.58. The summed E-state index contributed by atoms with van der Waals surface area (Å²) in [5.74, 6) is -0.201. The van der Waals surface area contributed by atoms with Crippen LogP contribution in [-0.2, 0) is 22.6 Å². The van der Waals surface area contributed by atoms with E-state index in [4.69, 9.17) is 9.47 Å². The van der Waals surface area contributed by atoms with Gasteiger partial charge in [-0.25, -0.2) is 0 Å². The quantitative estimate of drug-likeness (QED) is 0.766. The topological polar surface area (TPSA) is 63.9 Å². The Labute approximate surface area is 118 Å². The van der Waals surface area contributed by atoms with E-state index in [1.807, 2.05) is 4.57 Å². The average Bonchev–Trinajstić information content (AvgIpc) is 2.45.